The Balaban J connectivity index is 1.78. The highest BCUT2D eigenvalue weighted by atomic mass is 16.5. The van der Waals surface area contributed by atoms with E-state index in [9.17, 15) is 0 Å². The number of nitrogens with zero attached hydrogens (tertiary/aromatic N) is 5. The third kappa shape index (κ3) is 6.13. The van der Waals surface area contributed by atoms with Crippen molar-refractivity contribution in [3.63, 3.8) is 0 Å². The number of pyridine rings is 4. The van der Waals surface area contributed by atoms with Crippen molar-refractivity contribution in [1.82, 2.24) is 24.9 Å². The van der Waals surface area contributed by atoms with Gasteiger partial charge in [-0.05, 0) is 41.5 Å². The lowest BCUT2D eigenvalue weighted by Crippen LogP contribution is -2.30. The van der Waals surface area contributed by atoms with Gasteiger partial charge >= 0.3 is 0 Å². The van der Waals surface area contributed by atoms with Gasteiger partial charge in [0.05, 0.1) is 31.0 Å². The number of rotatable bonds is 11. The maximum Gasteiger partial charge on any atom is 0.213 e. The molecule has 9 nitrogen and oxygen atoms in total. The Kier molecular flexibility index (Phi) is 8.39. The van der Waals surface area contributed by atoms with Gasteiger partial charge in [-0.15, -0.1) is 0 Å². The first kappa shape index (κ1) is 24.6. The van der Waals surface area contributed by atoms with Gasteiger partial charge in [0.2, 0.25) is 5.88 Å². The van der Waals surface area contributed by atoms with E-state index in [4.69, 9.17) is 26.3 Å². The monoisotopic (exact) mass is 482 g/mol. The summed E-state index contributed by atoms with van der Waals surface area (Å²) in [6.07, 6.45) is 10.3. The minimum atomic E-state index is -0.235. The summed E-state index contributed by atoms with van der Waals surface area (Å²) in [6, 6.07) is 19.7. The zero-order valence-electron chi connectivity index (χ0n) is 20.1. The van der Waals surface area contributed by atoms with Crippen molar-refractivity contribution < 1.29 is 4.74 Å². The number of aromatic nitrogens is 4. The molecule has 4 aromatic rings. The summed E-state index contributed by atoms with van der Waals surface area (Å²) >= 11 is 0. The van der Waals surface area contributed by atoms with Crippen LogP contribution in [-0.4, -0.2) is 45.1 Å². The zero-order chi connectivity index (χ0) is 25.2. The maximum absolute atomic E-state index is 5.87. The number of methoxy groups -OCH3 is 1. The fraction of sp³-hybridized carbons (Fsp3) is 0.185. The Hall–Kier alpha value is -4.50. The standard InChI is InChI=1S/C27H30N8O/c1-36-25-11-3-9-23(34-25)27(22-8-2-10-24(33-22)32-15-17-35(29)16-12-28)26(20-6-4-13-30-18-20)21-7-5-14-31-19-21/h2-14,16,18-19,26-27H,15,17,28-29H2,1H3,(H,32,33)/b16-12-. The van der Waals surface area contributed by atoms with Gasteiger partial charge in [0.1, 0.15) is 5.82 Å². The quantitative estimate of drug-likeness (QED) is 0.218. The van der Waals surface area contributed by atoms with Crippen LogP contribution in [0.25, 0.3) is 0 Å². The van der Waals surface area contributed by atoms with Gasteiger partial charge in [-0.25, -0.2) is 15.8 Å². The molecule has 4 heterocycles. The first-order valence-electron chi connectivity index (χ1n) is 11.6. The summed E-state index contributed by atoms with van der Waals surface area (Å²) in [5.74, 6) is 6.78. The second-order valence-corrected chi connectivity index (χ2v) is 8.09. The predicted molar refractivity (Wildman–Crippen MR) is 140 cm³/mol. The Morgan fingerprint density at radius 1 is 0.889 bits per heavy atom. The molecule has 0 saturated heterocycles. The molecule has 1 unspecified atom stereocenters. The average molecular weight is 483 g/mol. The van der Waals surface area contributed by atoms with Crippen LogP contribution < -0.4 is 21.6 Å². The third-order valence-corrected chi connectivity index (χ3v) is 5.74. The fourth-order valence-corrected chi connectivity index (χ4v) is 4.13. The summed E-state index contributed by atoms with van der Waals surface area (Å²) in [7, 11) is 1.62. The molecule has 0 aliphatic heterocycles. The largest absolute Gasteiger partial charge is 0.481 e. The van der Waals surface area contributed by atoms with Crippen LogP contribution in [-0.2, 0) is 0 Å². The van der Waals surface area contributed by atoms with Crippen LogP contribution in [0.5, 0.6) is 5.88 Å². The molecule has 0 aromatic carbocycles. The van der Waals surface area contributed by atoms with Crippen LogP contribution in [0.2, 0.25) is 0 Å². The second-order valence-electron chi connectivity index (χ2n) is 8.09. The smallest absolute Gasteiger partial charge is 0.213 e. The molecule has 0 aliphatic carbocycles. The molecular formula is C27H30N8O. The summed E-state index contributed by atoms with van der Waals surface area (Å²) in [5, 5.41) is 4.86. The number of nitrogens with two attached hydrogens (primary N) is 2. The molecule has 5 N–H and O–H groups in total. The van der Waals surface area contributed by atoms with E-state index in [0.717, 1.165) is 28.3 Å². The molecule has 1 atom stereocenters. The van der Waals surface area contributed by atoms with Crippen molar-refractivity contribution in [2.75, 3.05) is 25.5 Å². The number of anilines is 1. The molecule has 0 saturated carbocycles. The van der Waals surface area contributed by atoms with Gasteiger partial charge in [-0.3, -0.25) is 9.97 Å². The van der Waals surface area contributed by atoms with Crippen LogP contribution in [0.4, 0.5) is 5.82 Å². The molecule has 36 heavy (non-hydrogen) atoms. The van der Waals surface area contributed by atoms with Gasteiger partial charge in [-0.2, -0.15) is 0 Å². The Morgan fingerprint density at radius 3 is 2.17 bits per heavy atom. The molecule has 0 radical (unpaired) electrons. The lowest BCUT2D eigenvalue weighted by atomic mass is 9.78. The van der Waals surface area contributed by atoms with Crippen LogP contribution in [0.1, 0.15) is 34.4 Å². The van der Waals surface area contributed by atoms with Crippen LogP contribution >= 0.6 is 0 Å². The number of nitrogens with one attached hydrogen (secondary N) is 1. The molecule has 0 amide bonds. The minimum absolute atomic E-state index is 0.135. The number of hydrazine groups is 1. The van der Waals surface area contributed by atoms with Crippen molar-refractivity contribution in [1.29, 1.82) is 0 Å². The van der Waals surface area contributed by atoms with E-state index in [2.05, 4.69) is 27.4 Å². The first-order valence-corrected chi connectivity index (χ1v) is 11.6. The summed E-state index contributed by atoms with van der Waals surface area (Å²) in [5.41, 5.74) is 9.16. The minimum Gasteiger partial charge on any atom is -0.481 e. The van der Waals surface area contributed by atoms with E-state index >= 15 is 0 Å². The Labute approximate surface area is 210 Å². The van der Waals surface area contributed by atoms with Gasteiger partial charge in [0.15, 0.2) is 0 Å². The summed E-state index contributed by atoms with van der Waals surface area (Å²) in [6.45, 7) is 1.16. The topological polar surface area (TPSA) is 128 Å². The molecule has 9 heteroatoms. The van der Waals surface area contributed by atoms with Crippen LogP contribution in [0.15, 0.2) is 97.9 Å². The molecule has 4 aromatic heterocycles. The van der Waals surface area contributed by atoms with Crippen molar-refractivity contribution in [2.45, 2.75) is 11.8 Å². The second kappa shape index (κ2) is 12.3. The fourth-order valence-electron chi connectivity index (χ4n) is 4.13. The zero-order valence-corrected chi connectivity index (χ0v) is 20.1. The third-order valence-electron chi connectivity index (χ3n) is 5.74. The molecular weight excluding hydrogens is 452 g/mol. The lowest BCUT2D eigenvalue weighted by Gasteiger charge is -2.28. The first-order chi connectivity index (χ1) is 17.7. The SMILES string of the molecule is COc1cccc(C(c2cccc(NCCN(N)/C=C\N)n2)C(c2cccnc2)c2cccnc2)n1. The van der Waals surface area contributed by atoms with E-state index < -0.39 is 0 Å². The molecule has 184 valence electrons. The van der Waals surface area contributed by atoms with E-state index in [1.165, 1.54) is 11.2 Å². The van der Waals surface area contributed by atoms with Gasteiger partial charge < -0.3 is 20.8 Å². The van der Waals surface area contributed by atoms with E-state index in [-0.39, 0.29) is 11.8 Å². The van der Waals surface area contributed by atoms with Crippen molar-refractivity contribution >= 4 is 5.82 Å². The van der Waals surface area contributed by atoms with E-state index in [0.29, 0.717) is 19.0 Å². The Morgan fingerprint density at radius 2 is 1.56 bits per heavy atom. The lowest BCUT2D eigenvalue weighted by molar-refractivity contribution is 0.395. The van der Waals surface area contributed by atoms with Gasteiger partial charge in [0.25, 0.3) is 0 Å². The summed E-state index contributed by atoms with van der Waals surface area (Å²) in [4.78, 5) is 18.6. The summed E-state index contributed by atoms with van der Waals surface area (Å²) < 4.78 is 5.45. The normalized spacial score (nSPS) is 12.0. The van der Waals surface area contributed by atoms with Crippen molar-refractivity contribution in [3.8, 4) is 5.88 Å². The van der Waals surface area contributed by atoms with Crippen molar-refractivity contribution in [3.05, 3.63) is 120 Å². The number of hydrogen-bond acceptors (Lipinski definition) is 9. The number of hydrogen-bond donors (Lipinski definition) is 3. The highest BCUT2D eigenvalue weighted by Gasteiger charge is 2.31. The molecule has 0 bridgehead atoms. The van der Waals surface area contributed by atoms with Crippen LogP contribution in [0, 0.1) is 0 Å². The van der Waals surface area contributed by atoms with Crippen molar-refractivity contribution in [2.24, 2.45) is 11.6 Å². The molecule has 0 aliphatic rings. The van der Waals surface area contributed by atoms with E-state index in [1.54, 1.807) is 25.7 Å². The van der Waals surface area contributed by atoms with Crippen LogP contribution in [0.3, 0.4) is 0 Å². The van der Waals surface area contributed by atoms with Gasteiger partial charge in [0, 0.05) is 55.7 Å². The highest BCUT2D eigenvalue weighted by Crippen LogP contribution is 2.41. The number of ether oxygens (including phenoxy) is 1. The predicted octanol–water partition coefficient (Wildman–Crippen LogP) is 3.26. The molecule has 4 rings (SSSR count). The average Bonchev–Trinajstić information content (AvgIpc) is 2.93. The molecule has 0 fully saturated rings. The highest BCUT2D eigenvalue weighted by molar-refractivity contribution is 5.43. The molecule has 0 spiro atoms. The maximum atomic E-state index is 5.87. The van der Waals surface area contributed by atoms with Gasteiger partial charge in [-0.1, -0.05) is 24.3 Å². The van der Waals surface area contributed by atoms with E-state index in [1.807, 2.05) is 60.9 Å². The Bertz CT molecular complexity index is 1210.